The van der Waals surface area contributed by atoms with Crippen molar-refractivity contribution in [2.75, 3.05) is 6.54 Å². The summed E-state index contributed by atoms with van der Waals surface area (Å²) in [6.07, 6.45) is 4.67. The number of aryl methyl sites for hydroxylation is 1. The number of halogens is 1. The molecule has 1 aromatic carbocycles. The largest absolute Gasteiger partial charge is 0.352 e. The van der Waals surface area contributed by atoms with Gasteiger partial charge in [-0.2, -0.15) is 5.10 Å². The molecule has 0 fully saturated rings. The molecule has 8 heteroatoms. The van der Waals surface area contributed by atoms with Crippen LogP contribution in [0.1, 0.15) is 46.7 Å². The number of nitrogens with zero attached hydrogens (tertiary/aromatic N) is 3. The molecule has 0 spiro atoms. The average Bonchev–Trinajstić information content (AvgIpc) is 3.14. The predicted molar refractivity (Wildman–Crippen MR) is 111 cm³/mol. The van der Waals surface area contributed by atoms with Gasteiger partial charge >= 0.3 is 0 Å². The minimum Gasteiger partial charge on any atom is -0.352 e. The van der Waals surface area contributed by atoms with Crippen LogP contribution < -0.4 is 10.6 Å². The van der Waals surface area contributed by atoms with Crippen LogP contribution in [0.5, 0.6) is 0 Å². The average molecular weight is 409 g/mol. The summed E-state index contributed by atoms with van der Waals surface area (Å²) in [5.74, 6) is -0.789. The zero-order valence-electron chi connectivity index (χ0n) is 17.0. The van der Waals surface area contributed by atoms with Gasteiger partial charge in [-0.3, -0.25) is 19.3 Å². The molecule has 0 aliphatic carbocycles. The van der Waals surface area contributed by atoms with E-state index in [1.165, 1.54) is 12.1 Å². The van der Waals surface area contributed by atoms with E-state index in [0.29, 0.717) is 36.0 Å². The van der Waals surface area contributed by atoms with E-state index in [-0.39, 0.29) is 29.3 Å². The highest BCUT2D eigenvalue weighted by Gasteiger charge is 2.26. The number of rotatable bonds is 5. The first-order chi connectivity index (χ1) is 14.4. The third kappa shape index (κ3) is 4.03. The minimum absolute atomic E-state index is 0.0430. The van der Waals surface area contributed by atoms with Crippen LogP contribution in [0.3, 0.4) is 0 Å². The van der Waals surface area contributed by atoms with E-state index in [2.05, 4.69) is 20.7 Å². The number of pyridine rings is 1. The lowest BCUT2D eigenvalue weighted by Crippen LogP contribution is -2.35. The first-order valence-corrected chi connectivity index (χ1v) is 10.1. The molecular weight excluding hydrogens is 385 g/mol. The van der Waals surface area contributed by atoms with Crippen molar-refractivity contribution >= 4 is 22.7 Å². The Morgan fingerprint density at radius 2 is 2.10 bits per heavy atom. The fraction of sp³-hybridized carbons (Fsp3) is 0.364. The van der Waals surface area contributed by atoms with Gasteiger partial charge in [0.15, 0.2) is 0 Å². The molecule has 1 aliphatic rings. The molecule has 2 amide bonds. The molecule has 3 aromatic rings. The topological polar surface area (TPSA) is 88.9 Å². The third-order valence-electron chi connectivity index (χ3n) is 5.31. The van der Waals surface area contributed by atoms with Crippen LogP contribution >= 0.6 is 0 Å². The highest BCUT2D eigenvalue weighted by Crippen LogP contribution is 2.23. The van der Waals surface area contributed by atoms with Gasteiger partial charge in [-0.15, -0.1) is 0 Å². The molecule has 156 valence electrons. The first-order valence-electron chi connectivity index (χ1n) is 10.1. The standard InChI is InChI=1S/C22H24FN5O2/c1-13(2)27-22(30)18-12-26-28-7-5-14(8-19(18)28)11-25-21(29)17-10-16(23)9-15-4-3-6-24-20(15)17/h3-4,6,9-10,12-14H,5,7-8,11H2,1-2H3,(H,25,29)(H,27,30)/t14-/m0/s1. The van der Waals surface area contributed by atoms with Gasteiger partial charge < -0.3 is 10.6 Å². The van der Waals surface area contributed by atoms with Gasteiger partial charge in [-0.25, -0.2) is 4.39 Å². The maximum absolute atomic E-state index is 13.9. The summed E-state index contributed by atoms with van der Waals surface area (Å²) < 4.78 is 15.8. The Balaban J connectivity index is 1.46. The van der Waals surface area contributed by atoms with Crippen molar-refractivity contribution in [3.8, 4) is 0 Å². The molecule has 4 rings (SSSR count). The van der Waals surface area contributed by atoms with E-state index in [1.807, 2.05) is 18.5 Å². The van der Waals surface area contributed by atoms with Crippen LogP contribution in [0, 0.1) is 11.7 Å². The lowest BCUT2D eigenvalue weighted by molar-refractivity contribution is 0.0930. The summed E-state index contributed by atoms with van der Waals surface area (Å²) in [6, 6.07) is 6.07. The Bertz CT molecular complexity index is 1110. The molecule has 1 atom stereocenters. The second-order valence-electron chi connectivity index (χ2n) is 7.95. The summed E-state index contributed by atoms with van der Waals surface area (Å²) in [4.78, 5) is 29.4. The third-order valence-corrected chi connectivity index (χ3v) is 5.31. The van der Waals surface area contributed by atoms with Crippen LogP contribution in [0.25, 0.3) is 10.9 Å². The summed E-state index contributed by atoms with van der Waals surface area (Å²) in [7, 11) is 0. The highest BCUT2D eigenvalue weighted by molar-refractivity contribution is 6.05. The summed E-state index contributed by atoms with van der Waals surface area (Å²) in [6.45, 7) is 4.95. The van der Waals surface area contributed by atoms with E-state index >= 15 is 0 Å². The maximum Gasteiger partial charge on any atom is 0.254 e. The predicted octanol–water partition coefficient (Wildman–Crippen LogP) is 2.70. The molecule has 0 saturated heterocycles. The second-order valence-corrected chi connectivity index (χ2v) is 7.95. The summed E-state index contributed by atoms with van der Waals surface area (Å²) in [5.41, 5.74) is 2.17. The molecule has 7 nitrogen and oxygen atoms in total. The molecule has 0 bridgehead atoms. The van der Waals surface area contributed by atoms with Crippen molar-refractivity contribution < 1.29 is 14.0 Å². The normalized spacial score (nSPS) is 15.8. The Labute approximate surface area is 173 Å². The van der Waals surface area contributed by atoms with E-state index < -0.39 is 5.82 Å². The van der Waals surface area contributed by atoms with Gasteiger partial charge in [0.1, 0.15) is 5.82 Å². The van der Waals surface area contributed by atoms with Crippen LogP contribution in [0.4, 0.5) is 4.39 Å². The number of nitrogens with one attached hydrogen (secondary N) is 2. The zero-order valence-corrected chi connectivity index (χ0v) is 17.0. The Kier molecular flexibility index (Phi) is 5.48. The van der Waals surface area contributed by atoms with Gasteiger partial charge in [-0.05, 0) is 50.8 Å². The van der Waals surface area contributed by atoms with E-state index in [4.69, 9.17) is 0 Å². The molecule has 0 radical (unpaired) electrons. The fourth-order valence-electron chi connectivity index (χ4n) is 3.86. The van der Waals surface area contributed by atoms with Gasteiger partial charge in [0.05, 0.1) is 28.5 Å². The van der Waals surface area contributed by atoms with Crippen molar-refractivity contribution in [3.63, 3.8) is 0 Å². The second kappa shape index (κ2) is 8.22. The number of amides is 2. The number of carbonyl (C=O) groups is 2. The summed E-state index contributed by atoms with van der Waals surface area (Å²) >= 11 is 0. The fourth-order valence-corrected chi connectivity index (χ4v) is 3.86. The van der Waals surface area contributed by atoms with Crippen LogP contribution in [0.15, 0.2) is 36.7 Å². The SMILES string of the molecule is CC(C)NC(=O)c1cnn2c1C[C@@H](CNC(=O)c1cc(F)cc3cccnc13)CC2. The van der Waals surface area contributed by atoms with E-state index in [1.54, 1.807) is 24.5 Å². The van der Waals surface area contributed by atoms with Crippen LogP contribution in [-0.2, 0) is 13.0 Å². The van der Waals surface area contributed by atoms with Gasteiger partial charge in [0.2, 0.25) is 0 Å². The number of benzene rings is 1. The number of hydrogen-bond acceptors (Lipinski definition) is 4. The Morgan fingerprint density at radius 1 is 1.27 bits per heavy atom. The molecular formula is C22H24FN5O2. The van der Waals surface area contributed by atoms with Crippen LogP contribution in [-0.4, -0.2) is 39.2 Å². The molecule has 30 heavy (non-hydrogen) atoms. The van der Waals surface area contributed by atoms with Gasteiger partial charge in [-0.1, -0.05) is 6.07 Å². The zero-order chi connectivity index (χ0) is 21.3. The highest BCUT2D eigenvalue weighted by atomic mass is 19.1. The minimum atomic E-state index is -0.469. The van der Waals surface area contributed by atoms with Crippen molar-refractivity contribution in [3.05, 3.63) is 59.3 Å². The van der Waals surface area contributed by atoms with Crippen LogP contribution in [0.2, 0.25) is 0 Å². The molecule has 1 aliphatic heterocycles. The smallest absolute Gasteiger partial charge is 0.254 e. The number of carbonyl (C=O) groups excluding carboxylic acids is 2. The van der Waals surface area contributed by atoms with E-state index in [9.17, 15) is 14.0 Å². The molecule has 0 saturated carbocycles. The monoisotopic (exact) mass is 409 g/mol. The lowest BCUT2D eigenvalue weighted by Gasteiger charge is -2.24. The molecule has 2 N–H and O–H groups in total. The number of fused-ring (bicyclic) bond motifs is 2. The van der Waals surface area contributed by atoms with Crippen molar-refractivity contribution in [1.29, 1.82) is 0 Å². The van der Waals surface area contributed by atoms with Crippen molar-refractivity contribution in [2.45, 2.75) is 39.3 Å². The molecule has 3 heterocycles. The first kappa shape index (κ1) is 20.0. The van der Waals surface area contributed by atoms with Gasteiger partial charge in [0.25, 0.3) is 11.8 Å². The number of hydrogen-bond donors (Lipinski definition) is 2. The van der Waals surface area contributed by atoms with Gasteiger partial charge in [0, 0.05) is 30.7 Å². The molecule has 0 unspecified atom stereocenters. The number of aromatic nitrogens is 3. The Hall–Kier alpha value is -3.29. The summed E-state index contributed by atoms with van der Waals surface area (Å²) in [5, 5.41) is 10.7. The molecule has 2 aromatic heterocycles. The quantitative estimate of drug-likeness (QED) is 0.678. The lowest BCUT2D eigenvalue weighted by atomic mass is 9.94. The van der Waals surface area contributed by atoms with E-state index in [0.717, 1.165) is 12.1 Å². The van der Waals surface area contributed by atoms with Crippen molar-refractivity contribution in [2.24, 2.45) is 5.92 Å². The Morgan fingerprint density at radius 3 is 2.90 bits per heavy atom. The maximum atomic E-state index is 13.9. The van der Waals surface area contributed by atoms with Crippen molar-refractivity contribution in [1.82, 2.24) is 25.4 Å².